The van der Waals surface area contributed by atoms with Crippen LogP contribution in [0, 0.1) is 5.82 Å². The van der Waals surface area contributed by atoms with Crippen molar-refractivity contribution in [1.82, 2.24) is 14.9 Å². The van der Waals surface area contributed by atoms with Crippen molar-refractivity contribution in [3.63, 3.8) is 0 Å². The molecule has 2 fully saturated rings. The summed E-state index contributed by atoms with van der Waals surface area (Å²) in [5.74, 6) is -0.300. The summed E-state index contributed by atoms with van der Waals surface area (Å²) in [6, 6.07) is 11.3. The summed E-state index contributed by atoms with van der Waals surface area (Å²) in [4.78, 5) is 10.6. The Kier molecular flexibility index (Phi) is 4.53. The first-order valence-corrected chi connectivity index (χ1v) is 11.0. The Bertz CT molecular complexity index is 1070. The number of hydrogen-bond donors (Lipinski definition) is 2. The Morgan fingerprint density at radius 1 is 1.13 bits per heavy atom. The van der Waals surface area contributed by atoms with Crippen LogP contribution in [0.2, 0.25) is 0 Å². The van der Waals surface area contributed by atoms with Gasteiger partial charge in [-0.2, -0.15) is 0 Å². The fourth-order valence-electron chi connectivity index (χ4n) is 5.70. The van der Waals surface area contributed by atoms with Gasteiger partial charge in [0.1, 0.15) is 11.5 Å². The highest BCUT2D eigenvalue weighted by molar-refractivity contribution is 5.81. The number of aliphatic hydroxyl groups is 1. The maximum absolute atomic E-state index is 14.5. The number of nitrogens with one attached hydrogen (secondary N) is 1. The van der Waals surface area contributed by atoms with E-state index in [0.29, 0.717) is 18.4 Å². The predicted octanol–water partition coefficient (Wildman–Crippen LogP) is 5.01. The van der Waals surface area contributed by atoms with Gasteiger partial charge in [-0.3, -0.25) is 4.90 Å². The van der Waals surface area contributed by atoms with Crippen LogP contribution in [0.4, 0.5) is 4.39 Å². The highest BCUT2D eigenvalue weighted by Crippen LogP contribution is 2.47. The second-order valence-corrected chi connectivity index (χ2v) is 10.1. The molecule has 2 atom stereocenters. The molecule has 0 saturated carbocycles. The van der Waals surface area contributed by atoms with Crippen molar-refractivity contribution >= 4 is 11.0 Å². The van der Waals surface area contributed by atoms with Gasteiger partial charge in [0.05, 0.1) is 5.60 Å². The molecule has 5 heteroatoms. The first-order valence-electron chi connectivity index (χ1n) is 11.0. The number of fused-ring (bicyclic) bond motifs is 3. The first-order chi connectivity index (χ1) is 14.3. The molecule has 5 rings (SSSR count). The van der Waals surface area contributed by atoms with Gasteiger partial charge in [0.15, 0.2) is 0 Å². The van der Waals surface area contributed by atoms with Gasteiger partial charge in [-0.1, -0.05) is 39.0 Å². The zero-order valence-corrected chi connectivity index (χ0v) is 18.0. The van der Waals surface area contributed by atoms with E-state index in [2.05, 4.69) is 41.7 Å². The molecule has 4 heterocycles. The van der Waals surface area contributed by atoms with Crippen molar-refractivity contribution in [1.29, 1.82) is 0 Å². The smallest absolute Gasteiger partial charge is 0.137 e. The lowest BCUT2D eigenvalue weighted by molar-refractivity contribution is -0.0615. The van der Waals surface area contributed by atoms with Crippen molar-refractivity contribution in [3.05, 3.63) is 65.2 Å². The van der Waals surface area contributed by atoms with Crippen LogP contribution in [-0.4, -0.2) is 32.1 Å². The minimum Gasteiger partial charge on any atom is -0.385 e. The van der Waals surface area contributed by atoms with E-state index in [9.17, 15) is 9.50 Å². The zero-order valence-electron chi connectivity index (χ0n) is 18.0. The highest BCUT2D eigenvalue weighted by Gasteiger charge is 2.49. The van der Waals surface area contributed by atoms with Crippen LogP contribution >= 0.6 is 0 Å². The van der Waals surface area contributed by atoms with Crippen molar-refractivity contribution in [2.45, 2.75) is 76.1 Å². The number of rotatable bonds is 3. The van der Waals surface area contributed by atoms with Gasteiger partial charge in [-0.05, 0) is 49.4 Å². The molecule has 0 unspecified atom stereocenters. The molecule has 2 aliphatic heterocycles. The Morgan fingerprint density at radius 2 is 1.83 bits per heavy atom. The molecule has 158 valence electrons. The van der Waals surface area contributed by atoms with E-state index in [0.717, 1.165) is 25.0 Å². The summed E-state index contributed by atoms with van der Waals surface area (Å²) < 4.78 is 14.5. The molecule has 0 amide bonds. The quantitative estimate of drug-likeness (QED) is 0.641. The Balaban J connectivity index is 1.48. The van der Waals surface area contributed by atoms with Gasteiger partial charge in [-0.25, -0.2) is 9.37 Å². The molecular formula is C25H30FN3O. The van der Waals surface area contributed by atoms with E-state index >= 15 is 0 Å². The summed E-state index contributed by atoms with van der Waals surface area (Å²) in [5.41, 5.74) is 2.82. The Labute approximate surface area is 177 Å². The summed E-state index contributed by atoms with van der Waals surface area (Å²) in [5, 5.41) is 12.6. The molecule has 0 spiro atoms. The normalized spacial score (nSPS) is 27.1. The zero-order chi connectivity index (χ0) is 21.1. The standard InChI is InChI=1S/C25H30FN3O/c1-24(2,3)22-19(18-7-6-12-27-23(18)28-22)15-29-16-10-11-17(29)14-25(30,13-16)20-8-4-5-9-21(20)26/h4-9,12,16-17,30H,10-11,13-15H2,1-3H3,(H,27,28)/t16-,17-/m1/s1. The van der Waals surface area contributed by atoms with Crippen LogP contribution < -0.4 is 0 Å². The average molecular weight is 408 g/mol. The summed E-state index contributed by atoms with van der Waals surface area (Å²) in [6.07, 6.45) is 5.08. The predicted molar refractivity (Wildman–Crippen MR) is 117 cm³/mol. The number of H-pyrrole nitrogens is 1. The molecule has 0 aliphatic carbocycles. The second kappa shape index (κ2) is 6.89. The Morgan fingerprint density at radius 3 is 2.50 bits per heavy atom. The van der Waals surface area contributed by atoms with Crippen molar-refractivity contribution < 1.29 is 9.50 Å². The molecule has 2 N–H and O–H groups in total. The van der Waals surface area contributed by atoms with Gasteiger partial charge >= 0.3 is 0 Å². The molecule has 3 aromatic rings. The minimum atomic E-state index is -1.08. The lowest BCUT2D eigenvalue weighted by Crippen LogP contribution is -2.49. The molecule has 2 saturated heterocycles. The molecule has 2 bridgehead atoms. The number of pyridine rings is 1. The largest absolute Gasteiger partial charge is 0.385 e. The van der Waals surface area contributed by atoms with Crippen LogP contribution in [-0.2, 0) is 17.6 Å². The van der Waals surface area contributed by atoms with Crippen molar-refractivity contribution in [3.8, 4) is 0 Å². The van der Waals surface area contributed by atoms with E-state index in [1.807, 2.05) is 18.3 Å². The van der Waals surface area contributed by atoms with Gasteiger partial charge in [0, 0.05) is 46.9 Å². The van der Waals surface area contributed by atoms with E-state index in [4.69, 9.17) is 0 Å². The topological polar surface area (TPSA) is 52.2 Å². The molecule has 1 aromatic carbocycles. The third-order valence-electron chi connectivity index (χ3n) is 7.06. The number of aromatic amines is 1. The summed E-state index contributed by atoms with van der Waals surface area (Å²) >= 11 is 0. The third-order valence-corrected chi connectivity index (χ3v) is 7.06. The summed E-state index contributed by atoms with van der Waals surface area (Å²) in [7, 11) is 0. The SMILES string of the molecule is CC(C)(C)c1[nH]c2ncccc2c1CN1[C@@H]2CC[C@@H]1CC(O)(c1ccccc1F)C2. The molecule has 2 aliphatic rings. The number of hydrogen-bond acceptors (Lipinski definition) is 3. The molecule has 30 heavy (non-hydrogen) atoms. The maximum Gasteiger partial charge on any atom is 0.137 e. The van der Waals surface area contributed by atoms with E-state index in [1.54, 1.807) is 12.1 Å². The number of benzene rings is 1. The lowest BCUT2D eigenvalue weighted by Gasteiger charge is -2.44. The Hall–Kier alpha value is -2.24. The minimum absolute atomic E-state index is 0.0151. The van der Waals surface area contributed by atoms with Gasteiger partial charge in [-0.15, -0.1) is 0 Å². The summed E-state index contributed by atoms with van der Waals surface area (Å²) in [6.45, 7) is 7.51. The fraction of sp³-hybridized carbons (Fsp3) is 0.480. The van der Waals surface area contributed by atoms with Gasteiger partial charge in [0.2, 0.25) is 0 Å². The molecule has 2 aromatic heterocycles. The maximum atomic E-state index is 14.5. The number of piperidine rings is 1. The first kappa shape index (κ1) is 19.7. The fourth-order valence-corrected chi connectivity index (χ4v) is 5.70. The van der Waals surface area contributed by atoms with Crippen LogP contribution in [0.1, 0.15) is 63.3 Å². The van der Waals surface area contributed by atoms with Crippen LogP contribution in [0.25, 0.3) is 11.0 Å². The van der Waals surface area contributed by atoms with Gasteiger partial charge < -0.3 is 10.1 Å². The van der Waals surface area contributed by atoms with E-state index in [1.165, 1.54) is 22.7 Å². The lowest BCUT2D eigenvalue weighted by atomic mass is 9.80. The molecule has 4 nitrogen and oxygen atoms in total. The monoisotopic (exact) mass is 407 g/mol. The molecule has 0 radical (unpaired) electrons. The number of nitrogens with zero attached hydrogens (tertiary/aromatic N) is 2. The number of aromatic nitrogens is 2. The van der Waals surface area contributed by atoms with Gasteiger partial charge in [0.25, 0.3) is 0 Å². The van der Waals surface area contributed by atoms with E-state index in [-0.39, 0.29) is 23.3 Å². The third kappa shape index (κ3) is 3.15. The number of halogens is 1. The van der Waals surface area contributed by atoms with Crippen LogP contribution in [0.3, 0.4) is 0 Å². The van der Waals surface area contributed by atoms with Crippen LogP contribution in [0.5, 0.6) is 0 Å². The van der Waals surface area contributed by atoms with Crippen LogP contribution in [0.15, 0.2) is 42.6 Å². The van der Waals surface area contributed by atoms with Crippen molar-refractivity contribution in [2.75, 3.05) is 0 Å². The second-order valence-electron chi connectivity index (χ2n) is 10.1. The van der Waals surface area contributed by atoms with E-state index < -0.39 is 5.60 Å². The van der Waals surface area contributed by atoms with Crippen molar-refractivity contribution in [2.24, 2.45) is 0 Å². The highest BCUT2D eigenvalue weighted by atomic mass is 19.1. The average Bonchev–Trinajstić information content (AvgIpc) is 3.18. The molecular weight excluding hydrogens is 377 g/mol.